The summed E-state index contributed by atoms with van der Waals surface area (Å²) in [7, 11) is -0.939. The summed E-state index contributed by atoms with van der Waals surface area (Å²) < 4.78 is 13.2. The molecule has 0 bridgehead atoms. The molecule has 0 aliphatic heterocycles. The van der Waals surface area contributed by atoms with Crippen LogP contribution >= 0.6 is 15.9 Å². The number of benzene rings is 1. The molecule has 0 amide bonds. The zero-order chi connectivity index (χ0) is 13.5. The maximum absolute atomic E-state index is 12.3. The smallest absolute Gasteiger partial charge is 0.0543 e. The highest BCUT2D eigenvalue weighted by Crippen LogP contribution is 2.25. The van der Waals surface area contributed by atoms with Crippen LogP contribution in [0.2, 0.25) is 0 Å². The van der Waals surface area contributed by atoms with Crippen LogP contribution in [0, 0.1) is 5.92 Å². The van der Waals surface area contributed by atoms with Crippen molar-refractivity contribution in [3.05, 3.63) is 22.7 Å². The number of hydrogen-bond donors (Lipinski definition) is 1. The molecular weight excluding hydrogens is 310 g/mol. The van der Waals surface area contributed by atoms with Crippen LogP contribution in [0.1, 0.15) is 39.5 Å². The molecule has 2 nitrogen and oxygen atoms in total. The zero-order valence-electron chi connectivity index (χ0n) is 11.1. The summed E-state index contributed by atoms with van der Waals surface area (Å²) in [6.45, 7) is 4.37. The summed E-state index contributed by atoms with van der Waals surface area (Å²) in [4.78, 5) is 0.860. The lowest BCUT2D eigenvalue weighted by molar-refractivity contribution is 0.494. The van der Waals surface area contributed by atoms with Gasteiger partial charge in [-0.1, -0.05) is 33.1 Å². The van der Waals surface area contributed by atoms with Crippen LogP contribution in [0.4, 0.5) is 5.69 Å². The molecule has 0 spiro atoms. The van der Waals surface area contributed by atoms with Gasteiger partial charge in [-0.05, 0) is 46.5 Å². The maximum atomic E-state index is 12.3. The summed E-state index contributed by atoms with van der Waals surface area (Å²) in [6.07, 6.45) is 4.69. The van der Waals surface area contributed by atoms with E-state index in [1.165, 1.54) is 19.3 Å². The highest BCUT2D eigenvalue weighted by molar-refractivity contribution is 9.10. The summed E-state index contributed by atoms with van der Waals surface area (Å²) >= 11 is 3.44. The van der Waals surface area contributed by atoms with Crippen LogP contribution in [0.3, 0.4) is 0 Å². The van der Waals surface area contributed by atoms with Crippen LogP contribution in [0.5, 0.6) is 0 Å². The highest BCUT2D eigenvalue weighted by Gasteiger charge is 2.14. The third-order valence-electron chi connectivity index (χ3n) is 3.13. The van der Waals surface area contributed by atoms with Crippen molar-refractivity contribution in [1.29, 1.82) is 0 Å². The van der Waals surface area contributed by atoms with Crippen molar-refractivity contribution >= 4 is 32.4 Å². The molecule has 2 unspecified atom stereocenters. The van der Waals surface area contributed by atoms with Crippen molar-refractivity contribution in [3.8, 4) is 0 Å². The lowest BCUT2D eigenvalue weighted by Gasteiger charge is -2.14. The van der Waals surface area contributed by atoms with E-state index < -0.39 is 10.8 Å². The molecule has 0 aliphatic rings. The molecule has 0 radical (unpaired) electrons. The van der Waals surface area contributed by atoms with Gasteiger partial charge in [0.15, 0.2) is 0 Å². The summed E-state index contributed by atoms with van der Waals surface area (Å²) in [5.41, 5.74) is 6.39. The van der Waals surface area contributed by atoms with Gasteiger partial charge in [0.25, 0.3) is 0 Å². The van der Waals surface area contributed by atoms with Gasteiger partial charge >= 0.3 is 0 Å². The molecule has 1 aromatic rings. The quantitative estimate of drug-likeness (QED) is 0.754. The molecule has 0 fully saturated rings. The lowest BCUT2D eigenvalue weighted by Crippen LogP contribution is -2.11. The van der Waals surface area contributed by atoms with Gasteiger partial charge < -0.3 is 5.73 Å². The number of nitrogen functional groups attached to an aromatic ring is 1. The number of anilines is 1. The largest absolute Gasteiger partial charge is 0.399 e. The predicted octanol–water partition coefficient (Wildman–Crippen LogP) is 4.36. The molecule has 2 atom stereocenters. The highest BCUT2D eigenvalue weighted by atomic mass is 79.9. The van der Waals surface area contributed by atoms with E-state index in [9.17, 15) is 4.21 Å². The van der Waals surface area contributed by atoms with E-state index in [-0.39, 0.29) is 0 Å². The summed E-state index contributed by atoms with van der Waals surface area (Å²) in [5, 5.41) is 0. The first-order valence-corrected chi connectivity index (χ1v) is 8.63. The average molecular weight is 332 g/mol. The van der Waals surface area contributed by atoms with Gasteiger partial charge in [0.05, 0.1) is 15.7 Å². The van der Waals surface area contributed by atoms with Crippen LogP contribution in [-0.2, 0) is 10.8 Å². The maximum Gasteiger partial charge on any atom is 0.0543 e. The zero-order valence-corrected chi connectivity index (χ0v) is 13.5. The predicted molar refractivity (Wildman–Crippen MR) is 83.1 cm³/mol. The number of unbranched alkanes of at least 4 members (excludes halogenated alkanes) is 1. The Balaban J connectivity index is 2.68. The van der Waals surface area contributed by atoms with Crippen LogP contribution < -0.4 is 5.73 Å². The molecule has 1 rings (SSSR count). The van der Waals surface area contributed by atoms with Crippen molar-refractivity contribution in [1.82, 2.24) is 0 Å². The Morgan fingerprint density at radius 3 is 2.67 bits per heavy atom. The van der Waals surface area contributed by atoms with Gasteiger partial charge in [-0.25, -0.2) is 0 Å². The third-order valence-corrected chi connectivity index (χ3v) is 5.67. The van der Waals surface area contributed by atoms with E-state index in [1.807, 2.05) is 18.2 Å². The van der Waals surface area contributed by atoms with Crippen molar-refractivity contribution in [3.63, 3.8) is 0 Å². The van der Waals surface area contributed by atoms with E-state index in [0.29, 0.717) is 11.6 Å². The Labute approximate surface area is 121 Å². The first-order chi connectivity index (χ1) is 8.58. The average Bonchev–Trinajstić information content (AvgIpc) is 2.34. The second-order valence-corrected chi connectivity index (χ2v) is 6.94. The third kappa shape index (κ3) is 4.73. The van der Waals surface area contributed by atoms with Crippen molar-refractivity contribution in [2.45, 2.75) is 44.4 Å². The minimum atomic E-state index is -0.939. The van der Waals surface area contributed by atoms with Crippen molar-refractivity contribution in [2.24, 2.45) is 5.92 Å². The Bertz CT molecular complexity index is 409. The molecule has 4 heteroatoms. The van der Waals surface area contributed by atoms with Gasteiger partial charge in [-0.3, -0.25) is 4.21 Å². The second kappa shape index (κ2) is 7.95. The standard InChI is InChI=1S/C14H22BrNOS/c1-3-5-6-11(4-2)10-18(17)14-8-7-12(16)9-13(14)15/h7-9,11H,3-6,10,16H2,1-2H3. The van der Waals surface area contributed by atoms with Crippen LogP contribution in [0.15, 0.2) is 27.6 Å². The monoisotopic (exact) mass is 331 g/mol. The van der Waals surface area contributed by atoms with Gasteiger partial charge in [-0.2, -0.15) is 0 Å². The molecule has 0 heterocycles. The molecular formula is C14H22BrNOS. The molecule has 0 saturated heterocycles. The minimum Gasteiger partial charge on any atom is -0.399 e. The Morgan fingerprint density at radius 2 is 2.11 bits per heavy atom. The fourth-order valence-electron chi connectivity index (χ4n) is 1.90. The van der Waals surface area contributed by atoms with E-state index in [1.54, 1.807) is 0 Å². The molecule has 0 aromatic heterocycles. The van der Waals surface area contributed by atoms with Gasteiger partial charge in [-0.15, -0.1) is 0 Å². The molecule has 18 heavy (non-hydrogen) atoms. The Hall–Kier alpha value is -0.350. The van der Waals surface area contributed by atoms with E-state index in [4.69, 9.17) is 5.73 Å². The second-order valence-electron chi connectivity index (χ2n) is 4.62. The molecule has 0 saturated carbocycles. The summed E-state index contributed by atoms with van der Waals surface area (Å²) in [5.74, 6) is 1.30. The van der Waals surface area contributed by atoms with E-state index in [2.05, 4.69) is 29.8 Å². The SMILES string of the molecule is CCCCC(CC)CS(=O)c1ccc(N)cc1Br. The number of halogens is 1. The first-order valence-electron chi connectivity index (χ1n) is 6.51. The van der Waals surface area contributed by atoms with Crippen LogP contribution in [-0.4, -0.2) is 9.96 Å². The fourth-order valence-corrected chi connectivity index (χ4v) is 4.35. The van der Waals surface area contributed by atoms with E-state index in [0.717, 1.165) is 21.5 Å². The molecule has 2 N–H and O–H groups in total. The molecule has 102 valence electrons. The fraction of sp³-hybridized carbons (Fsp3) is 0.571. The van der Waals surface area contributed by atoms with Gasteiger partial charge in [0.2, 0.25) is 0 Å². The summed E-state index contributed by atoms with van der Waals surface area (Å²) in [6, 6.07) is 5.49. The van der Waals surface area contributed by atoms with Gasteiger partial charge in [0.1, 0.15) is 0 Å². The van der Waals surface area contributed by atoms with Crippen molar-refractivity contribution < 1.29 is 4.21 Å². The molecule has 1 aromatic carbocycles. The minimum absolute atomic E-state index is 0.551. The number of rotatable bonds is 7. The normalized spacial score (nSPS) is 14.4. The molecule has 0 aliphatic carbocycles. The van der Waals surface area contributed by atoms with Crippen LogP contribution in [0.25, 0.3) is 0 Å². The number of hydrogen-bond acceptors (Lipinski definition) is 2. The topological polar surface area (TPSA) is 43.1 Å². The Kier molecular flexibility index (Phi) is 6.94. The number of nitrogens with two attached hydrogens (primary N) is 1. The van der Waals surface area contributed by atoms with Crippen molar-refractivity contribution in [2.75, 3.05) is 11.5 Å². The Morgan fingerprint density at radius 1 is 1.39 bits per heavy atom. The van der Waals surface area contributed by atoms with Gasteiger partial charge in [0, 0.05) is 15.9 Å². The first kappa shape index (κ1) is 15.7. The van der Waals surface area contributed by atoms with E-state index >= 15 is 0 Å². The lowest BCUT2D eigenvalue weighted by atomic mass is 10.0.